The van der Waals surface area contributed by atoms with Gasteiger partial charge in [0.2, 0.25) is 0 Å². The Morgan fingerprint density at radius 2 is 2.11 bits per heavy atom. The molecule has 18 heavy (non-hydrogen) atoms. The van der Waals surface area contributed by atoms with E-state index < -0.39 is 11.6 Å². The first-order valence-corrected chi connectivity index (χ1v) is 6.06. The van der Waals surface area contributed by atoms with E-state index in [0.29, 0.717) is 11.5 Å². The van der Waals surface area contributed by atoms with E-state index in [1.165, 1.54) is 0 Å². The molecule has 1 saturated heterocycles. The summed E-state index contributed by atoms with van der Waals surface area (Å²) < 4.78 is 0. The highest BCUT2D eigenvalue weighted by atomic mass is 32.1. The van der Waals surface area contributed by atoms with Gasteiger partial charge in [-0.15, -0.1) is 0 Å². The molecule has 0 amide bonds. The summed E-state index contributed by atoms with van der Waals surface area (Å²) in [4.78, 5) is 10.5. The van der Waals surface area contributed by atoms with Crippen LogP contribution in [0.1, 0.15) is 19.8 Å². The second-order valence-electron chi connectivity index (χ2n) is 4.42. The van der Waals surface area contributed by atoms with E-state index in [-0.39, 0.29) is 6.42 Å². The fraction of sp³-hybridized carbons (Fsp3) is 0.333. The van der Waals surface area contributed by atoms with Crippen molar-refractivity contribution in [2.75, 3.05) is 5.01 Å². The first-order valence-electron chi connectivity index (χ1n) is 5.65. The molecule has 1 aliphatic heterocycles. The van der Waals surface area contributed by atoms with Crippen molar-refractivity contribution in [3.05, 3.63) is 30.3 Å². The number of anilines is 1. The molecule has 1 aromatic carbocycles. The Bertz CT molecular complexity index is 466. The van der Waals surface area contributed by atoms with Crippen molar-refractivity contribution in [2.24, 2.45) is 0 Å². The number of benzene rings is 1. The van der Waals surface area contributed by atoms with Crippen LogP contribution in [0.25, 0.3) is 0 Å². The zero-order valence-corrected chi connectivity index (χ0v) is 10.8. The van der Waals surface area contributed by atoms with Crippen LogP contribution in [0, 0.1) is 0 Å². The Labute approximate surface area is 111 Å². The summed E-state index contributed by atoms with van der Waals surface area (Å²) in [6.45, 7) is 1.87. The van der Waals surface area contributed by atoms with Gasteiger partial charge in [-0.25, -0.2) is 5.43 Å². The highest BCUT2D eigenvalue weighted by Crippen LogP contribution is 2.21. The van der Waals surface area contributed by atoms with Crippen molar-refractivity contribution in [1.82, 2.24) is 10.7 Å². The number of nitrogens with one attached hydrogen (secondary N) is 2. The summed E-state index contributed by atoms with van der Waals surface area (Å²) >= 11 is 5.24. The molecule has 2 rings (SSSR count). The molecule has 1 unspecified atom stereocenters. The number of hydrogen-bond acceptors (Lipinski definition) is 4. The quantitative estimate of drug-likeness (QED) is 0.754. The highest BCUT2D eigenvalue weighted by molar-refractivity contribution is 7.80. The third-order valence-corrected chi connectivity index (χ3v) is 3.07. The molecule has 1 aromatic rings. The predicted octanol–water partition coefficient (Wildman–Crippen LogP) is 0.132. The van der Waals surface area contributed by atoms with Gasteiger partial charge in [0.05, 0.1) is 5.69 Å². The number of rotatable bonds is 4. The van der Waals surface area contributed by atoms with E-state index in [9.17, 15) is 9.90 Å². The van der Waals surface area contributed by atoms with E-state index in [1.807, 2.05) is 37.3 Å². The number of hydrogen-bond donors (Lipinski definition) is 2. The lowest BCUT2D eigenvalue weighted by Crippen LogP contribution is -2.49. The molecule has 0 saturated carbocycles. The molecule has 1 fully saturated rings. The topological polar surface area (TPSA) is 67.4 Å². The minimum atomic E-state index is -1.07. The van der Waals surface area contributed by atoms with E-state index in [2.05, 4.69) is 10.7 Å². The molecule has 0 radical (unpaired) electrons. The van der Waals surface area contributed by atoms with Crippen LogP contribution < -0.4 is 20.9 Å². The largest absolute Gasteiger partial charge is 0.550 e. The Balaban J connectivity index is 2.09. The molecule has 1 aliphatic rings. The molecule has 0 spiro atoms. The molecule has 5 nitrogen and oxygen atoms in total. The van der Waals surface area contributed by atoms with Crippen LogP contribution >= 0.6 is 12.2 Å². The summed E-state index contributed by atoms with van der Waals surface area (Å²) in [6, 6.07) is 9.59. The van der Waals surface area contributed by atoms with Crippen LogP contribution in [-0.2, 0) is 4.79 Å². The highest BCUT2D eigenvalue weighted by Gasteiger charge is 2.35. The van der Waals surface area contributed by atoms with Crippen molar-refractivity contribution >= 4 is 29.0 Å². The second kappa shape index (κ2) is 4.91. The Morgan fingerprint density at radius 1 is 1.44 bits per heavy atom. The number of carbonyl (C=O) groups excluding carboxylic acids is 1. The number of hydrazine groups is 1. The van der Waals surface area contributed by atoms with Gasteiger partial charge in [-0.05, 0) is 44.1 Å². The molecule has 0 bridgehead atoms. The standard InChI is InChI=1S/C12H15N3O2S/c1-12(8-7-10(16)17)13-11(18)15(14-12)9-5-3-2-4-6-9/h2-6,14H,7-8H2,1H3,(H,13,18)(H,16,17)/p-1. The summed E-state index contributed by atoms with van der Waals surface area (Å²) in [5, 5.41) is 15.9. The van der Waals surface area contributed by atoms with Crippen molar-refractivity contribution in [3.8, 4) is 0 Å². The van der Waals surface area contributed by atoms with E-state index in [4.69, 9.17) is 12.2 Å². The number of carboxylic acids is 1. The molecule has 96 valence electrons. The Kier molecular flexibility index (Phi) is 3.49. The third-order valence-electron chi connectivity index (χ3n) is 2.79. The summed E-state index contributed by atoms with van der Waals surface area (Å²) in [5.41, 5.74) is 3.53. The number of nitrogens with zero attached hydrogens (tertiary/aromatic N) is 1. The van der Waals surface area contributed by atoms with E-state index in [1.54, 1.807) is 5.01 Å². The van der Waals surface area contributed by atoms with Gasteiger partial charge in [0.25, 0.3) is 0 Å². The zero-order chi connectivity index (χ0) is 13.2. The first kappa shape index (κ1) is 12.8. The number of carboxylic acid groups (broad SMARTS) is 1. The van der Waals surface area contributed by atoms with Crippen molar-refractivity contribution < 1.29 is 9.90 Å². The molecule has 1 heterocycles. The zero-order valence-electron chi connectivity index (χ0n) is 9.97. The fourth-order valence-electron chi connectivity index (χ4n) is 1.85. The molecule has 1 atom stereocenters. The van der Waals surface area contributed by atoms with Crippen LogP contribution in [0.4, 0.5) is 5.69 Å². The van der Waals surface area contributed by atoms with Crippen LogP contribution in [0.15, 0.2) is 30.3 Å². The normalized spacial score (nSPS) is 22.9. The maximum Gasteiger partial charge on any atom is 0.189 e. The average molecular weight is 264 g/mol. The number of carbonyl (C=O) groups is 1. The summed E-state index contributed by atoms with van der Waals surface area (Å²) in [5.74, 6) is -1.07. The predicted molar refractivity (Wildman–Crippen MR) is 70.4 cm³/mol. The number of thiocarbonyl (C=S) groups is 1. The molecule has 0 aromatic heterocycles. The molecule has 6 heteroatoms. The van der Waals surface area contributed by atoms with Gasteiger partial charge < -0.3 is 15.2 Å². The molecule has 2 N–H and O–H groups in total. The van der Waals surface area contributed by atoms with Gasteiger partial charge in [-0.2, -0.15) is 0 Å². The summed E-state index contributed by atoms with van der Waals surface area (Å²) in [6.07, 6.45) is 0.362. The maximum atomic E-state index is 10.5. The lowest BCUT2D eigenvalue weighted by atomic mass is 10.1. The van der Waals surface area contributed by atoms with E-state index >= 15 is 0 Å². The monoisotopic (exact) mass is 264 g/mol. The SMILES string of the molecule is CC1(CCC(=O)[O-])NC(=S)N(c2ccccc2)N1. The Hall–Kier alpha value is -1.66. The third kappa shape index (κ3) is 2.77. The molecular weight excluding hydrogens is 250 g/mol. The van der Waals surface area contributed by atoms with Gasteiger partial charge in [0.15, 0.2) is 5.11 Å². The van der Waals surface area contributed by atoms with Gasteiger partial charge >= 0.3 is 0 Å². The van der Waals surface area contributed by atoms with E-state index in [0.717, 1.165) is 5.69 Å². The first-order chi connectivity index (χ1) is 8.50. The second-order valence-corrected chi connectivity index (χ2v) is 4.80. The van der Waals surface area contributed by atoms with Crippen LogP contribution in [0.2, 0.25) is 0 Å². The lowest BCUT2D eigenvalue weighted by molar-refractivity contribution is -0.306. The van der Waals surface area contributed by atoms with Crippen LogP contribution in [0.5, 0.6) is 0 Å². The minimum Gasteiger partial charge on any atom is -0.550 e. The number of para-hydroxylation sites is 1. The summed E-state index contributed by atoms with van der Waals surface area (Å²) in [7, 11) is 0. The molecule has 0 aliphatic carbocycles. The molecular formula is C12H14N3O2S-. The van der Waals surface area contributed by atoms with Crippen molar-refractivity contribution in [1.29, 1.82) is 0 Å². The van der Waals surface area contributed by atoms with Crippen LogP contribution in [-0.4, -0.2) is 16.7 Å². The van der Waals surface area contributed by atoms with Gasteiger partial charge in [-0.3, -0.25) is 5.01 Å². The number of aliphatic carboxylic acids is 1. The fourth-order valence-corrected chi connectivity index (χ4v) is 2.22. The Morgan fingerprint density at radius 3 is 2.72 bits per heavy atom. The van der Waals surface area contributed by atoms with Crippen LogP contribution in [0.3, 0.4) is 0 Å². The maximum absolute atomic E-state index is 10.5. The smallest absolute Gasteiger partial charge is 0.189 e. The van der Waals surface area contributed by atoms with Crippen molar-refractivity contribution in [2.45, 2.75) is 25.4 Å². The minimum absolute atomic E-state index is 0.0260. The average Bonchev–Trinajstić information content (AvgIpc) is 2.64. The van der Waals surface area contributed by atoms with Crippen molar-refractivity contribution in [3.63, 3.8) is 0 Å². The van der Waals surface area contributed by atoms with Gasteiger partial charge in [0, 0.05) is 5.97 Å². The lowest BCUT2D eigenvalue weighted by Gasteiger charge is -2.25. The van der Waals surface area contributed by atoms with Gasteiger partial charge in [-0.1, -0.05) is 18.2 Å². The van der Waals surface area contributed by atoms with Gasteiger partial charge in [0.1, 0.15) is 5.66 Å².